The highest BCUT2D eigenvalue weighted by atomic mass is 32.1. The van der Waals surface area contributed by atoms with Gasteiger partial charge in [-0.2, -0.15) is 0 Å². The number of benzene rings is 1. The molecule has 2 nitrogen and oxygen atoms in total. The molecular formula is C17H22N2S. The van der Waals surface area contributed by atoms with Crippen molar-refractivity contribution in [2.24, 2.45) is 0 Å². The fourth-order valence-electron chi connectivity index (χ4n) is 2.96. The lowest BCUT2D eigenvalue weighted by Gasteiger charge is -2.21. The molecule has 106 valence electrons. The predicted octanol–water partition coefficient (Wildman–Crippen LogP) is 4.03. The van der Waals surface area contributed by atoms with Crippen molar-refractivity contribution in [2.45, 2.75) is 45.6 Å². The highest BCUT2D eigenvalue weighted by Gasteiger charge is 2.23. The molecular weight excluding hydrogens is 264 g/mol. The van der Waals surface area contributed by atoms with Crippen LogP contribution >= 0.6 is 11.3 Å². The molecule has 1 aliphatic carbocycles. The summed E-state index contributed by atoms with van der Waals surface area (Å²) >= 11 is 1.91. The van der Waals surface area contributed by atoms with E-state index in [1.807, 2.05) is 11.3 Å². The van der Waals surface area contributed by atoms with E-state index >= 15 is 0 Å². The van der Waals surface area contributed by atoms with E-state index in [0.717, 1.165) is 19.4 Å². The van der Waals surface area contributed by atoms with Gasteiger partial charge in [-0.1, -0.05) is 31.2 Å². The number of aryl methyl sites for hydroxylation is 2. The van der Waals surface area contributed by atoms with Crippen LogP contribution in [0.25, 0.3) is 0 Å². The molecule has 0 bridgehead atoms. The van der Waals surface area contributed by atoms with Crippen LogP contribution < -0.4 is 5.32 Å². The molecule has 0 saturated carbocycles. The quantitative estimate of drug-likeness (QED) is 0.918. The highest BCUT2D eigenvalue weighted by Crippen LogP contribution is 2.35. The van der Waals surface area contributed by atoms with E-state index in [1.54, 1.807) is 0 Å². The summed E-state index contributed by atoms with van der Waals surface area (Å²) in [6, 6.07) is 9.17. The van der Waals surface area contributed by atoms with Crippen LogP contribution in [0.4, 0.5) is 0 Å². The Morgan fingerprint density at radius 2 is 2.20 bits per heavy atom. The molecule has 1 atom stereocenters. The largest absolute Gasteiger partial charge is 0.309 e. The van der Waals surface area contributed by atoms with Crippen LogP contribution in [-0.2, 0) is 12.8 Å². The normalized spacial score (nSPS) is 18.0. The fourth-order valence-corrected chi connectivity index (χ4v) is 4.20. The lowest BCUT2D eigenvalue weighted by atomic mass is 9.98. The standard InChI is InChI=1S/C17H22N2S/c1-3-18-14-9-6-10-15-17(14)20-16(19-15)11-13-8-5-4-7-12(13)2/h4-5,7-8,14,18H,3,6,9-11H2,1-2H3. The van der Waals surface area contributed by atoms with Gasteiger partial charge in [0.25, 0.3) is 0 Å². The maximum atomic E-state index is 4.90. The van der Waals surface area contributed by atoms with E-state index in [2.05, 4.69) is 43.4 Å². The zero-order valence-corrected chi connectivity index (χ0v) is 13.1. The number of thiazole rings is 1. The average molecular weight is 286 g/mol. The molecule has 1 heterocycles. The molecule has 0 fully saturated rings. The van der Waals surface area contributed by atoms with Crippen molar-refractivity contribution in [3.8, 4) is 0 Å². The maximum Gasteiger partial charge on any atom is 0.0975 e. The van der Waals surface area contributed by atoms with Gasteiger partial charge in [0.2, 0.25) is 0 Å². The Labute approximate surface area is 125 Å². The third-order valence-electron chi connectivity index (χ3n) is 4.05. The van der Waals surface area contributed by atoms with Crippen LogP contribution in [0.1, 0.15) is 52.5 Å². The van der Waals surface area contributed by atoms with Crippen molar-refractivity contribution in [2.75, 3.05) is 6.54 Å². The molecule has 1 aromatic carbocycles. The fraction of sp³-hybridized carbons (Fsp3) is 0.471. The number of rotatable bonds is 4. The summed E-state index contributed by atoms with van der Waals surface area (Å²) in [6.07, 6.45) is 4.65. The van der Waals surface area contributed by atoms with Gasteiger partial charge in [0.1, 0.15) is 0 Å². The van der Waals surface area contributed by atoms with Crippen LogP contribution in [0.15, 0.2) is 24.3 Å². The minimum absolute atomic E-state index is 0.534. The number of fused-ring (bicyclic) bond motifs is 1. The molecule has 1 aromatic heterocycles. The Hall–Kier alpha value is -1.19. The molecule has 0 aliphatic heterocycles. The highest BCUT2D eigenvalue weighted by molar-refractivity contribution is 7.11. The SMILES string of the molecule is CCNC1CCCc2nc(Cc3ccccc3C)sc21. The van der Waals surface area contributed by atoms with E-state index in [1.165, 1.54) is 39.5 Å². The molecule has 3 rings (SSSR count). The summed E-state index contributed by atoms with van der Waals surface area (Å²) in [4.78, 5) is 6.39. The number of aromatic nitrogens is 1. The monoisotopic (exact) mass is 286 g/mol. The average Bonchev–Trinajstić information content (AvgIpc) is 2.85. The first-order chi connectivity index (χ1) is 9.78. The third-order valence-corrected chi connectivity index (χ3v) is 5.26. The molecule has 1 unspecified atom stereocenters. The summed E-state index contributed by atoms with van der Waals surface area (Å²) in [5, 5.41) is 4.87. The smallest absolute Gasteiger partial charge is 0.0975 e. The molecule has 1 N–H and O–H groups in total. The molecule has 2 aromatic rings. The summed E-state index contributed by atoms with van der Waals surface area (Å²) in [5.41, 5.74) is 4.11. The summed E-state index contributed by atoms with van der Waals surface area (Å²) < 4.78 is 0. The second-order valence-electron chi connectivity index (χ2n) is 5.52. The van der Waals surface area contributed by atoms with E-state index in [-0.39, 0.29) is 0 Å². The van der Waals surface area contributed by atoms with Gasteiger partial charge in [-0.05, 0) is 43.9 Å². The van der Waals surface area contributed by atoms with Crippen LogP contribution in [0.5, 0.6) is 0 Å². The maximum absolute atomic E-state index is 4.90. The number of nitrogens with zero attached hydrogens (tertiary/aromatic N) is 1. The second-order valence-corrected chi connectivity index (χ2v) is 6.64. The molecule has 3 heteroatoms. The van der Waals surface area contributed by atoms with Gasteiger partial charge in [0, 0.05) is 17.3 Å². The number of nitrogens with one attached hydrogen (secondary N) is 1. The Morgan fingerprint density at radius 3 is 3.00 bits per heavy atom. The van der Waals surface area contributed by atoms with Gasteiger partial charge in [-0.15, -0.1) is 11.3 Å². The first-order valence-corrected chi connectivity index (χ1v) is 8.36. The first kappa shape index (κ1) is 13.8. The third kappa shape index (κ3) is 2.79. The number of hydrogen-bond acceptors (Lipinski definition) is 3. The zero-order valence-electron chi connectivity index (χ0n) is 12.3. The van der Waals surface area contributed by atoms with Gasteiger partial charge >= 0.3 is 0 Å². The van der Waals surface area contributed by atoms with Crippen LogP contribution in [0, 0.1) is 6.92 Å². The summed E-state index contributed by atoms with van der Waals surface area (Å²) in [6.45, 7) is 5.41. The van der Waals surface area contributed by atoms with Gasteiger partial charge in [0.15, 0.2) is 0 Å². The van der Waals surface area contributed by atoms with Crippen molar-refractivity contribution in [3.63, 3.8) is 0 Å². The lowest BCUT2D eigenvalue weighted by Crippen LogP contribution is -2.23. The zero-order chi connectivity index (χ0) is 13.9. The summed E-state index contributed by atoms with van der Waals surface area (Å²) in [5.74, 6) is 0. The molecule has 0 spiro atoms. The van der Waals surface area contributed by atoms with Gasteiger partial charge in [-0.3, -0.25) is 0 Å². The van der Waals surface area contributed by atoms with E-state index in [0.29, 0.717) is 6.04 Å². The summed E-state index contributed by atoms with van der Waals surface area (Å²) in [7, 11) is 0. The van der Waals surface area contributed by atoms with E-state index < -0.39 is 0 Å². The Bertz CT molecular complexity index is 588. The molecule has 0 saturated heterocycles. The predicted molar refractivity (Wildman–Crippen MR) is 85.5 cm³/mol. The Balaban J connectivity index is 1.84. The number of hydrogen-bond donors (Lipinski definition) is 1. The molecule has 0 radical (unpaired) electrons. The van der Waals surface area contributed by atoms with Gasteiger partial charge in [-0.25, -0.2) is 4.98 Å². The van der Waals surface area contributed by atoms with Crippen molar-refractivity contribution in [3.05, 3.63) is 51.0 Å². The van der Waals surface area contributed by atoms with Crippen LogP contribution in [0.2, 0.25) is 0 Å². The second kappa shape index (κ2) is 6.06. The first-order valence-electron chi connectivity index (χ1n) is 7.54. The Morgan fingerprint density at radius 1 is 1.35 bits per heavy atom. The molecule has 0 amide bonds. The lowest BCUT2D eigenvalue weighted by molar-refractivity contribution is 0.476. The minimum Gasteiger partial charge on any atom is -0.309 e. The van der Waals surface area contributed by atoms with Gasteiger partial charge in [0.05, 0.1) is 10.7 Å². The van der Waals surface area contributed by atoms with Crippen molar-refractivity contribution >= 4 is 11.3 Å². The van der Waals surface area contributed by atoms with Crippen molar-refractivity contribution in [1.82, 2.24) is 10.3 Å². The van der Waals surface area contributed by atoms with Crippen LogP contribution in [0.3, 0.4) is 0 Å². The van der Waals surface area contributed by atoms with Crippen molar-refractivity contribution < 1.29 is 0 Å². The topological polar surface area (TPSA) is 24.9 Å². The van der Waals surface area contributed by atoms with E-state index in [4.69, 9.17) is 4.98 Å². The van der Waals surface area contributed by atoms with Gasteiger partial charge < -0.3 is 5.32 Å². The molecule has 1 aliphatic rings. The minimum atomic E-state index is 0.534. The van der Waals surface area contributed by atoms with E-state index in [9.17, 15) is 0 Å². The van der Waals surface area contributed by atoms with Crippen LogP contribution in [-0.4, -0.2) is 11.5 Å². The van der Waals surface area contributed by atoms with Crippen molar-refractivity contribution in [1.29, 1.82) is 0 Å². The molecule has 20 heavy (non-hydrogen) atoms. The Kier molecular flexibility index (Phi) is 4.18.